The zero-order chi connectivity index (χ0) is 11.8. The molecule has 2 N–H and O–H groups in total. The normalized spacial score (nSPS) is 14.4. The van der Waals surface area contributed by atoms with Crippen molar-refractivity contribution >= 4 is 10.8 Å². The lowest BCUT2D eigenvalue weighted by molar-refractivity contribution is 0.125. The maximum Gasteiger partial charge on any atom is 0.119 e. The molecule has 1 aromatic rings. The molecule has 0 spiro atoms. The van der Waals surface area contributed by atoms with Gasteiger partial charge in [-0.25, -0.2) is 0 Å². The van der Waals surface area contributed by atoms with Gasteiger partial charge in [0.25, 0.3) is 0 Å². The Kier molecular flexibility index (Phi) is 6.07. The summed E-state index contributed by atoms with van der Waals surface area (Å²) in [4.78, 5) is 0. The molecule has 0 amide bonds. The molecule has 0 aliphatic rings. The van der Waals surface area contributed by atoms with E-state index in [9.17, 15) is 9.32 Å². The summed E-state index contributed by atoms with van der Waals surface area (Å²) in [6.07, 6.45) is -0.771. The smallest absolute Gasteiger partial charge is 0.119 e. The molecule has 0 saturated heterocycles. The standard InChI is InChI=1S/C11H16O4S/c12-6-7-16(14)9-10(13)8-15-11-4-2-1-3-5-11/h1-5,10,12-13H,6-9H2. The van der Waals surface area contributed by atoms with Crippen molar-refractivity contribution < 1.29 is 19.2 Å². The maximum absolute atomic E-state index is 11.2. The number of para-hydroxylation sites is 1. The summed E-state index contributed by atoms with van der Waals surface area (Å²) in [6, 6.07) is 9.13. The van der Waals surface area contributed by atoms with Crippen LogP contribution in [0.15, 0.2) is 30.3 Å². The van der Waals surface area contributed by atoms with Crippen LogP contribution < -0.4 is 4.74 Å². The van der Waals surface area contributed by atoms with E-state index >= 15 is 0 Å². The Morgan fingerprint density at radius 3 is 2.62 bits per heavy atom. The molecule has 0 bridgehead atoms. The van der Waals surface area contributed by atoms with E-state index in [0.29, 0.717) is 5.75 Å². The molecule has 2 atom stereocenters. The van der Waals surface area contributed by atoms with Crippen LogP contribution in [0.2, 0.25) is 0 Å². The summed E-state index contributed by atoms with van der Waals surface area (Å²) < 4.78 is 16.5. The molecular formula is C11H16O4S. The summed E-state index contributed by atoms with van der Waals surface area (Å²) in [5.41, 5.74) is 0. The third kappa shape index (κ3) is 5.25. The van der Waals surface area contributed by atoms with E-state index < -0.39 is 16.9 Å². The number of ether oxygens (including phenoxy) is 1. The number of aliphatic hydroxyl groups is 2. The largest absolute Gasteiger partial charge is 0.491 e. The Labute approximate surface area is 97.3 Å². The van der Waals surface area contributed by atoms with Gasteiger partial charge in [0.1, 0.15) is 12.4 Å². The van der Waals surface area contributed by atoms with E-state index in [0.717, 1.165) is 0 Å². The second kappa shape index (κ2) is 7.38. The van der Waals surface area contributed by atoms with Gasteiger partial charge < -0.3 is 14.9 Å². The molecule has 2 unspecified atom stereocenters. The van der Waals surface area contributed by atoms with Gasteiger partial charge in [0.05, 0.1) is 18.5 Å². The molecule has 1 rings (SSSR count). The minimum Gasteiger partial charge on any atom is -0.491 e. The van der Waals surface area contributed by atoms with Gasteiger partial charge in [-0.3, -0.25) is 4.21 Å². The molecule has 4 nitrogen and oxygen atoms in total. The first kappa shape index (κ1) is 13.2. The Hall–Kier alpha value is -0.910. The fourth-order valence-electron chi connectivity index (χ4n) is 1.16. The first-order valence-electron chi connectivity index (χ1n) is 5.04. The van der Waals surface area contributed by atoms with E-state index in [1.807, 2.05) is 18.2 Å². The van der Waals surface area contributed by atoms with Crippen LogP contribution in [0.4, 0.5) is 0 Å². The first-order valence-corrected chi connectivity index (χ1v) is 6.53. The molecule has 0 aliphatic carbocycles. The van der Waals surface area contributed by atoms with Crippen LogP contribution in [0.25, 0.3) is 0 Å². The summed E-state index contributed by atoms with van der Waals surface area (Å²) in [6.45, 7) is -0.0138. The van der Waals surface area contributed by atoms with Gasteiger partial charge in [0.15, 0.2) is 0 Å². The van der Waals surface area contributed by atoms with Gasteiger partial charge >= 0.3 is 0 Å². The van der Waals surface area contributed by atoms with Crippen molar-refractivity contribution in [3.05, 3.63) is 30.3 Å². The predicted octanol–water partition coefficient (Wildman–Crippen LogP) is 0.167. The maximum atomic E-state index is 11.2. The topological polar surface area (TPSA) is 66.8 Å². The molecule has 5 heteroatoms. The zero-order valence-electron chi connectivity index (χ0n) is 8.91. The monoisotopic (exact) mass is 244 g/mol. The molecule has 1 aromatic carbocycles. The highest BCUT2D eigenvalue weighted by molar-refractivity contribution is 7.85. The number of benzene rings is 1. The number of hydrogen-bond acceptors (Lipinski definition) is 4. The summed E-state index contributed by atoms with van der Waals surface area (Å²) >= 11 is 0. The molecule has 16 heavy (non-hydrogen) atoms. The summed E-state index contributed by atoms with van der Waals surface area (Å²) in [5.74, 6) is 1.00. The van der Waals surface area contributed by atoms with E-state index in [2.05, 4.69) is 0 Å². The van der Waals surface area contributed by atoms with Crippen molar-refractivity contribution in [1.29, 1.82) is 0 Å². The Morgan fingerprint density at radius 1 is 1.31 bits per heavy atom. The van der Waals surface area contributed by atoms with Gasteiger partial charge in [-0.15, -0.1) is 0 Å². The number of aliphatic hydroxyl groups excluding tert-OH is 2. The predicted molar refractivity (Wildman–Crippen MR) is 62.9 cm³/mol. The molecule has 0 saturated carbocycles. The van der Waals surface area contributed by atoms with Crippen LogP contribution in [0, 0.1) is 0 Å². The van der Waals surface area contributed by atoms with Crippen LogP contribution in [-0.4, -0.2) is 45.2 Å². The van der Waals surface area contributed by atoms with Gasteiger partial charge in [0.2, 0.25) is 0 Å². The van der Waals surface area contributed by atoms with Gasteiger partial charge in [-0.05, 0) is 12.1 Å². The van der Waals surface area contributed by atoms with Gasteiger partial charge in [-0.1, -0.05) is 18.2 Å². The van der Waals surface area contributed by atoms with E-state index in [1.54, 1.807) is 12.1 Å². The molecule has 0 aromatic heterocycles. The molecule has 0 aliphatic heterocycles. The third-order valence-electron chi connectivity index (χ3n) is 1.88. The van der Waals surface area contributed by atoms with Crippen LogP contribution >= 0.6 is 0 Å². The van der Waals surface area contributed by atoms with Crippen molar-refractivity contribution in [2.45, 2.75) is 6.10 Å². The van der Waals surface area contributed by atoms with Crippen molar-refractivity contribution in [2.24, 2.45) is 0 Å². The number of hydrogen-bond donors (Lipinski definition) is 2. The van der Waals surface area contributed by atoms with Gasteiger partial charge in [0, 0.05) is 16.6 Å². The minimum absolute atomic E-state index is 0.112. The van der Waals surface area contributed by atoms with Gasteiger partial charge in [-0.2, -0.15) is 0 Å². The van der Waals surface area contributed by atoms with Crippen LogP contribution in [0.1, 0.15) is 0 Å². The lowest BCUT2D eigenvalue weighted by Crippen LogP contribution is -2.25. The molecule has 0 heterocycles. The van der Waals surface area contributed by atoms with Crippen LogP contribution in [0.3, 0.4) is 0 Å². The molecular weight excluding hydrogens is 228 g/mol. The Bertz CT molecular complexity index is 315. The second-order valence-corrected chi connectivity index (χ2v) is 4.93. The molecule has 0 radical (unpaired) electrons. The lowest BCUT2D eigenvalue weighted by atomic mass is 10.3. The lowest BCUT2D eigenvalue weighted by Gasteiger charge is -2.11. The average molecular weight is 244 g/mol. The first-order chi connectivity index (χ1) is 7.72. The van der Waals surface area contributed by atoms with Crippen LogP contribution in [0.5, 0.6) is 5.75 Å². The van der Waals surface area contributed by atoms with Crippen molar-refractivity contribution in [3.63, 3.8) is 0 Å². The Morgan fingerprint density at radius 2 is 2.00 bits per heavy atom. The highest BCUT2D eigenvalue weighted by Gasteiger charge is 2.09. The number of rotatable bonds is 7. The third-order valence-corrected chi connectivity index (χ3v) is 3.28. The van der Waals surface area contributed by atoms with Crippen molar-refractivity contribution in [1.82, 2.24) is 0 Å². The highest BCUT2D eigenvalue weighted by atomic mass is 32.2. The highest BCUT2D eigenvalue weighted by Crippen LogP contribution is 2.08. The average Bonchev–Trinajstić information content (AvgIpc) is 2.28. The fourth-order valence-corrected chi connectivity index (χ4v) is 2.05. The molecule has 0 fully saturated rings. The zero-order valence-corrected chi connectivity index (χ0v) is 9.73. The van der Waals surface area contributed by atoms with Crippen molar-refractivity contribution in [3.8, 4) is 5.75 Å². The minimum atomic E-state index is -1.19. The molecule has 90 valence electrons. The fraction of sp³-hybridized carbons (Fsp3) is 0.455. The van der Waals surface area contributed by atoms with E-state index in [4.69, 9.17) is 9.84 Å². The quantitative estimate of drug-likeness (QED) is 0.717. The second-order valence-electron chi connectivity index (χ2n) is 3.31. The summed E-state index contributed by atoms with van der Waals surface area (Å²) in [7, 11) is -1.19. The van der Waals surface area contributed by atoms with E-state index in [1.165, 1.54) is 0 Å². The summed E-state index contributed by atoms with van der Waals surface area (Å²) in [5, 5.41) is 18.1. The van der Waals surface area contributed by atoms with E-state index in [-0.39, 0.29) is 24.7 Å². The van der Waals surface area contributed by atoms with Crippen molar-refractivity contribution in [2.75, 3.05) is 24.7 Å². The Balaban J connectivity index is 2.25. The van der Waals surface area contributed by atoms with Crippen LogP contribution in [-0.2, 0) is 10.8 Å². The SMILES string of the molecule is O=S(CCO)CC(O)COc1ccccc1.